The average molecular weight is 344 g/mol. The Morgan fingerprint density at radius 2 is 1.60 bits per heavy atom. The molecule has 1 aromatic rings. The number of amides is 1. The molecular formula is C21H33N3O. The predicted octanol–water partition coefficient (Wildman–Crippen LogP) is 3.80. The molecule has 2 aliphatic heterocycles. The van der Waals surface area contributed by atoms with Crippen LogP contribution in [0.25, 0.3) is 0 Å². The van der Waals surface area contributed by atoms with Crippen molar-refractivity contribution < 1.29 is 4.79 Å². The van der Waals surface area contributed by atoms with Crippen LogP contribution in [0.15, 0.2) is 24.3 Å². The normalized spacial score (nSPS) is 23.6. The fraction of sp³-hybridized carbons (Fsp3) is 0.667. The summed E-state index contributed by atoms with van der Waals surface area (Å²) in [5, 5.41) is 3.78. The van der Waals surface area contributed by atoms with Crippen LogP contribution >= 0.6 is 0 Å². The Hall–Kier alpha value is -1.55. The lowest BCUT2D eigenvalue weighted by Crippen LogP contribution is -2.46. The molecule has 2 atom stereocenters. The molecule has 1 aromatic carbocycles. The molecule has 138 valence electrons. The molecular weight excluding hydrogens is 310 g/mol. The summed E-state index contributed by atoms with van der Waals surface area (Å²) >= 11 is 0. The summed E-state index contributed by atoms with van der Waals surface area (Å²) in [6.07, 6.45) is 4.04. The highest BCUT2D eigenvalue weighted by molar-refractivity contribution is 5.96. The van der Waals surface area contributed by atoms with Gasteiger partial charge < -0.3 is 15.1 Å². The zero-order chi connectivity index (χ0) is 18.0. The van der Waals surface area contributed by atoms with E-state index < -0.39 is 0 Å². The van der Waals surface area contributed by atoms with Crippen LogP contribution in [0.5, 0.6) is 0 Å². The highest BCUT2D eigenvalue weighted by Crippen LogP contribution is 2.29. The Balaban J connectivity index is 1.56. The van der Waals surface area contributed by atoms with Crippen molar-refractivity contribution in [3.8, 4) is 0 Å². The van der Waals surface area contributed by atoms with Gasteiger partial charge in [0.15, 0.2) is 0 Å². The van der Waals surface area contributed by atoms with E-state index in [0.29, 0.717) is 30.5 Å². The fourth-order valence-electron chi connectivity index (χ4n) is 3.92. The van der Waals surface area contributed by atoms with Gasteiger partial charge >= 0.3 is 0 Å². The van der Waals surface area contributed by atoms with Gasteiger partial charge in [0.2, 0.25) is 5.91 Å². The van der Waals surface area contributed by atoms with Crippen molar-refractivity contribution in [1.29, 1.82) is 0 Å². The van der Waals surface area contributed by atoms with Gasteiger partial charge in [-0.1, -0.05) is 13.8 Å². The number of benzene rings is 1. The molecule has 0 aliphatic carbocycles. The van der Waals surface area contributed by atoms with Crippen LogP contribution in [-0.2, 0) is 4.79 Å². The molecule has 3 rings (SSSR count). The number of nitrogens with zero attached hydrogens (tertiary/aromatic N) is 2. The van der Waals surface area contributed by atoms with E-state index in [-0.39, 0.29) is 5.91 Å². The summed E-state index contributed by atoms with van der Waals surface area (Å²) in [5.74, 6) is 0.938. The van der Waals surface area contributed by atoms with E-state index in [4.69, 9.17) is 0 Å². The highest BCUT2D eigenvalue weighted by Gasteiger charge is 2.29. The van der Waals surface area contributed by atoms with Gasteiger partial charge in [0.25, 0.3) is 0 Å². The van der Waals surface area contributed by atoms with Gasteiger partial charge in [-0.25, -0.2) is 0 Å². The predicted molar refractivity (Wildman–Crippen MR) is 105 cm³/mol. The van der Waals surface area contributed by atoms with E-state index in [1.807, 2.05) is 4.90 Å². The second kappa shape index (κ2) is 7.77. The third kappa shape index (κ3) is 4.17. The number of carbonyl (C=O) groups is 1. The third-order valence-electron chi connectivity index (χ3n) is 5.97. The van der Waals surface area contributed by atoms with Gasteiger partial charge in [-0.2, -0.15) is 0 Å². The van der Waals surface area contributed by atoms with Crippen molar-refractivity contribution in [2.24, 2.45) is 5.92 Å². The van der Waals surface area contributed by atoms with Crippen molar-refractivity contribution in [1.82, 2.24) is 5.32 Å². The molecule has 2 heterocycles. The molecule has 2 aliphatic rings. The maximum absolute atomic E-state index is 12.1. The summed E-state index contributed by atoms with van der Waals surface area (Å²) < 4.78 is 0. The molecule has 2 fully saturated rings. The van der Waals surface area contributed by atoms with E-state index >= 15 is 0 Å². The summed E-state index contributed by atoms with van der Waals surface area (Å²) in [4.78, 5) is 16.5. The minimum atomic E-state index is 0.256. The Morgan fingerprint density at radius 1 is 1.00 bits per heavy atom. The molecule has 4 heteroatoms. The van der Waals surface area contributed by atoms with Crippen molar-refractivity contribution >= 4 is 17.3 Å². The monoisotopic (exact) mass is 343 g/mol. The maximum Gasteiger partial charge on any atom is 0.227 e. The van der Waals surface area contributed by atoms with Gasteiger partial charge in [-0.15, -0.1) is 0 Å². The molecule has 4 nitrogen and oxygen atoms in total. The Bertz CT molecular complexity index is 575. The fourth-order valence-corrected chi connectivity index (χ4v) is 3.92. The van der Waals surface area contributed by atoms with Gasteiger partial charge in [0.05, 0.1) is 0 Å². The Labute approximate surface area is 152 Å². The van der Waals surface area contributed by atoms with E-state index in [2.05, 4.69) is 62.2 Å². The molecule has 0 aromatic heterocycles. The van der Waals surface area contributed by atoms with Crippen molar-refractivity contribution in [2.75, 3.05) is 22.9 Å². The highest BCUT2D eigenvalue weighted by atomic mass is 16.2. The van der Waals surface area contributed by atoms with Crippen molar-refractivity contribution in [3.63, 3.8) is 0 Å². The molecule has 0 spiro atoms. The van der Waals surface area contributed by atoms with Gasteiger partial charge in [-0.3, -0.25) is 4.79 Å². The van der Waals surface area contributed by atoms with Crippen LogP contribution in [0.2, 0.25) is 0 Å². The second-order valence-electron chi connectivity index (χ2n) is 8.13. The first-order valence-electron chi connectivity index (χ1n) is 9.89. The number of piperidine rings is 1. The first-order chi connectivity index (χ1) is 12.0. The van der Waals surface area contributed by atoms with Crippen molar-refractivity contribution in [3.05, 3.63) is 24.3 Å². The van der Waals surface area contributed by atoms with Crippen LogP contribution in [0.1, 0.15) is 53.4 Å². The lowest BCUT2D eigenvalue weighted by molar-refractivity contribution is -0.117. The van der Waals surface area contributed by atoms with E-state index in [0.717, 1.165) is 25.2 Å². The zero-order valence-corrected chi connectivity index (χ0v) is 16.2. The second-order valence-corrected chi connectivity index (χ2v) is 8.13. The number of rotatable bonds is 5. The average Bonchev–Trinajstić information content (AvgIpc) is 2.94. The quantitative estimate of drug-likeness (QED) is 0.883. The zero-order valence-electron chi connectivity index (χ0n) is 16.2. The Kier molecular flexibility index (Phi) is 5.67. The lowest BCUT2D eigenvalue weighted by Gasteiger charge is -2.36. The Morgan fingerprint density at radius 3 is 2.12 bits per heavy atom. The summed E-state index contributed by atoms with van der Waals surface area (Å²) in [6, 6.07) is 10.1. The van der Waals surface area contributed by atoms with Crippen LogP contribution in [-0.4, -0.2) is 37.1 Å². The van der Waals surface area contributed by atoms with E-state index in [9.17, 15) is 4.79 Å². The number of hydrogen-bond donors (Lipinski definition) is 1. The molecule has 0 radical (unpaired) electrons. The smallest absolute Gasteiger partial charge is 0.227 e. The van der Waals surface area contributed by atoms with Crippen LogP contribution < -0.4 is 15.1 Å². The number of hydrogen-bond acceptors (Lipinski definition) is 3. The maximum atomic E-state index is 12.1. The van der Waals surface area contributed by atoms with Crippen LogP contribution in [0, 0.1) is 5.92 Å². The lowest BCUT2D eigenvalue weighted by atomic mass is 10.00. The molecule has 0 bridgehead atoms. The van der Waals surface area contributed by atoms with Crippen molar-refractivity contribution in [2.45, 2.75) is 71.5 Å². The standard InChI is InChI=1S/C21H33N3O/c1-15(2)17(4)22-18-11-13-23(14-12-18)19-6-8-20(9-7-19)24-16(3)5-10-21(24)25/h6-9,15-18,22H,5,10-14H2,1-4H3/t16-,17-/m1/s1. The number of nitrogens with one attached hydrogen (secondary N) is 1. The van der Waals surface area contributed by atoms with Gasteiger partial charge in [-0.05, 0) is 63.3 Å². The summed E-state index contributed by atoms with van der Waals surface area (Å²) in [5.41, 5.74) is 2.32. The summed E-state index contributed by atoms with van der Waals surface area (Å²) in [6.45, 7) is 11.2. The van der Waals surface area contributed by atoms with Crippen LogP contribution in [0.4, 0.5) is 11.4 Å². The first kappa shape index (κ1) is 18.2. The minimum absolute atomic E-state index is 0.256. The first-order valence-corrected chi connectivity index (χ1v) is 9.89. The van der Waals surface area contributed by atoms with E-state index in [1.54, 1.807) is 0 Å². The molecule has 0 unspecified atom stereocenters. The minimum Gasteiger partial charge on any atom is -0.371 e. The molecule has 25 heavy (non-hydrogen) atoms. The molecule has 1 amide bonds. The molecule has 2 saturated heterocycles. The molecule has 1 N–H and O–H groups in total. The number of anilines is 2. The van der Waals surface area contributed by atoms with Gasteiger partial charge in [0, 0.05) is 49.0 Å². The van der Waals surface area contributed by atoms with Gasteiger partial charge in [0.1, 0.15) is 0 Å². The largest absolute Gasteiger partial charge is 0.371 e. The third-order valence-corrected chi connectivity index (χ3v) is 5.97. The summed E-state index contributed by atoms with van der Waals surface area (Å²) in [7, 11) is 0. The topological polar surface area (TPSA) is 35.6 Å². The van der Waals surface area contributed by atoms with Crippen LogP contribution in [0.3, 0.4) is 0 Å². The molecule has 0 saturated carbocycles. The SMILES string of the molecule is CC(C)[C@@H](C)NC1CCN(c2ccc(N3C(=O)CC[C@H]3C)cc2)CC1. The van der Waals surface area contributed by atoms with E-state index in [1.165, 1.54) is 18.5 Å². The number of carbonyl (C=O) groups excluding carboxylic acids is 1.